The molecule has 6 heteroatoms. The van der Waals surface area contributed by atoms with Crippen LogP contribution in [0.3, 0.4) is 0 Å². The summed E-state index contributed by atoms with van der Waals surface area (Å²) >= 11 is 3.45. The number of hydrogen-bond donors (Lipinski definition) is 1. The predicted octanol–water partition coefficient (Wildman–Crippen LogP) is 4.71. The second-order valence-electron chi connectivity index (χ2n) is 5.14. The maximum Gasteiger partial charge on any atom is 0.175 e. The Bertz CT molecular complexity index is 809. The van der Waals surface area contributed by atoms with Crippen LogP contribution in [0.5, 0.6) is 0 Å². The molecule has 0 spiro atoms. The Morgan fingerprint density at radius 3 is 2.27 bits per heavy atom. The van der Waals surface area contributed by atoms with Gasteiger partial charge in [0.05, 0.1) is 16.3 Å². The normalized spacial score (nSPS) is 11.1. The summed E-state index contributed by atoms with van der Waals surface area (Å²) in [6, 6.07) is 12.4. The van der Waals surface area contributed by atoms with E-state index in [-0.39, 0.29) is 0 Å². The van der Waals surface area contributed by atoms with Crippen LogP contribution < -0.4 is 5.32 Å². The number of sulfone groups is 1. The summed E-state index contributed by atoms with van der Waals surface area (Å²) in [5.74, 6) is 0. The minimum absolute atomic E-state index is 0.301. The Morgan fingerprint density at radius 2 is 1.73 bits per heavy atom. The highest BCUT2D eigenvalue weighted by Gasteiger charge is 2.07. The van der Waals surface area contributed by atoms with E-state index in [0.717, 1.165) is 27.2 Å². The lowest BCUT2D eigenvalue weighted by Gasteiger charge is -2.11. The fourth-order valence-electron chi connectivity index (χ4n) is 1.89. The molecule has 22 heavy (non-hydrogen) atoms. The van der Waals surface area contributed by atoms with Crippen LogP contribution in [0.25, 0.3) is 0 Å². The standard InChI is InChI=1S/C16H17BrN2O2S/c1-11(2)18-15-9-4-12(17)10-16(15)19-13-5-7-14(8-6-13)22(3,20)21/h4-10,19H,1-3H3. The van der Waals surface area contributed by atoms with Gasteiger partial charge in [0, 0.05) is 22.1 Å². The zero-order valence-corrected chi connectivity index (χ0v) is 15.0. The molecule has 0 aliphatic heterocycles. The molecular weight excluding hydrogens is 364 g/mol. The van der Waals surface area contributed by atoms with Gasteiger partial charge in [0.1, 0.15) is 0 Å². The molecule has 0 radical (unpaired) electrons. The van der Waals surface area contributed by atoms with Gasteiger partial charge in [-0.1, -0.05) is 15.9 Å². The third kappa shape index (κ3) is 4.42. The molecule has 2 aromatic carbocycles. The van der Waals surface area contributed by atoms with E-state index in [1.807, 2.05) is 32.0 Å². The van der Waals surface area contributed by atoms with Crippen LogP contribution in [-0.2, 0) is 9.84 Å². The lowest BCUT2D eigenvalue weighted by atomic mass is 10.2. The Labute approximate surface area is 139 Å². The monoisotopic (exact) mass is 380 g/mol. The summed E-state index contributed by atoms with van der Waals surface area (Å²) in [6.45, 7) is 3.87. The first-order valence-corrected chi connectivity index (χ1v) is 9.33. The summed E-state index contributed by atoms with van der Waals surface area (Å²) in [4.78, 5) is 4.79. The van der Waals surface area contributed by atoms with Gasteiger partial charge in [-0.2, -0.15) is 0 Å². The van der Waals surface area contributed by atoms with E-state index in [2.05, 4.69) is 26.2 Å². The van der Waals surface area contributed by atoms with Crippen LogP contribution in [0.15, 0.2) is 56.8 Å². The Morgan fingerprint density at radius 1 is 1.09 bits per heavy atom. The van der Waals surface area contributed by atoms with Crippen LogP contribution in [-0.4, -0.2) is 20.4 Å². The summed E-state index contributed by atoms with van der Waals surface area (Å²) in [6.07, 6.45) is 1.20. The van der Waals surface area contributed by atoms with Crippen LogP contribution in [0.1, 0.15) is 13.8 Å². The minimum atomic E-state index is -3.18. The largest absolute Gasteiger partial charge is 0.354 e. The highest BCUT2D eigenvalue weighted by atomic mass is 79.9. The first-order valence-electron chi connectivity index (χ1n) is 6.64. The third-order valence-electron chi connectivity index (χ3n) is 2.86. The topological polar surface area (TPSA) is 58.5 Å². The molecule has 0 bridgehead atoms. The Balaban J connectivity index is 2.34. The maximum atomic E-state index is 11.5. The number of rotatable bonds is 4. The molecule has 0 atom stereocenters. The molecule has 2 rings (SSSR count). The van der Waals surface area contributed by atoms with Crippen molar-refractivity contribution in [2.75, 3.05) is 11.6 Å². The van der Waals surface area contributed by atoms with Crippen molar-refractivity contribution >= 4 is 48.5 Å². The molecule has 0 heterocycles. The van der Waals surface area contributed by atoms with E-state index < -0.39 is 9.84 Å². The molecule has 1 N–H and O–H groups in total. The number of benzene rings is 2. The second-order valence-corrected chi connectivity index (χ2v) is 8.07. The van der Waals surface area contributed by atoms with Crippen LogP contribution >= 0.6 is 15.9 Å². The highest BCUT2D eigenvalue weighted by molar-refractivity contribution is 9.10. The third-order valence-corrected chi connectivity index (χ3v) is 4.49. The average molecular weight is 381 g/mol. The number of hydrogen-bond acceptors (Lipinski definition) is 4. The fraction of sp³-hybridized carbons (Fsp3) is 0.188. The minimum Gasteiger partial charge on any atom is -0.354 e. The summed E-state index contributed by atoms with van der Waals surface area (Å²) in [5, 5.41) is 3.27. The zero-order chi connectivity index (χ0) is 16.3. The van der Waals surface area contributed by atoms with Gasteiger partial charge in [-0.15, -0.1) is 0 Å². The molecule has 0 aliphatic carbocycles. The number of halogens is 1. The van der Waals surface area contributed by atoms with Crippen LogP contribution in [0.2, 0.25) is 0 Å². The summed E-state index contributed by atoms with van der Waals surface area (Å²) in [5.41, 5.74) is 3.44. The van der Waals surface area contributed by atoms with Crippen LogP contribution in [0, 0.1) is 0 Å². The van der Waals surface area contributed by atoms with Crippen molar-refractivity contribution in [1.82, 2.24) is 0 Å². The molecule has 0 unspecified atom stereocenters. The van der Waals surface area contributed by atoms with Crippen molar-refractivity contribution in [2.24, 2.45) is 4.99 Å². The quantitative estimate of drug-likeness (QED) is 0.781. The maximum absolute atomic E-state index is 11.5. The van der Waals surface area contributed by atoms with Gasteiger partial charge < -0.3 is 5.32 Å². The Kier molecular flexibility index (Phi) is 5.03. The lowest BCUT2D eigenvalue weighted by Crippen LogP contribution is -1.97. The first-order chi connectivity index (χ1) is 10.3. The molecule has 0 saturated heterocycles. The SMILES string of the molecule is CC(C)=Nc1ccc(Br)cc1Nc1ccc(S(C)(=O)=O)cc1. The molecule has 0 aliphatic rings. The number of nitrogens with zero attached hydrogens (tertiary/aromatic N) is 1. The van der Waals surface area contributed by atoms with E-state index in [1.54, 1.807) is 24.3 Å². The predicted molar refractivity (Wildman–Crippen MR) is 95.4 cm³/mol. The number of aliphatic imine (C=N–C) groups is 1. The molecule has 2 aromatic rings. The van der Waals surface area contributed by atoms with Gasteiger partial charge in [-0.25, -0.2) is 8.42 Å². The average Bonchev–Trinajstić information content (AvgIpc) is 2.41. The lowest BCUT2D eigenvalue weighted by molar-refractivity contribution is 0.602. The van der Waals surface area contributed by atoms with Crippen molar-refractivity contribution in [3.8, 4) is 0 Å². The molecule has 0 saturated carbocycles. The Hall–Kier alpha value is -1.66. The van der Waals surface area contributed by atoms with Crippen molar-refractivity contribution in [3.05, 3.63) is 46.9 Å². The molecule has 0 aromatic heterocycles. The van der Waals surface area contributed by atoms with Gasteiger partial charge in [0.2, 0.25) is 0 Å². The van der Waals surface area contributed by atoms with Gasteiger partial charge in [-0.05, 0) is 56.3 Å². The smallest absolute Gasteiger partial charge is 0.175 e. The van der Waals surface area contributed by atoms with Crippen molar-refractivity contribution in [2.45, 2.75) is 18.7 Å². The molecule has 0 amide bonds. The summed E-state index contributed by atoms with van der Waals surface area (Å²) < 4.78 is 23.9. The van der Waals surface area contributed by atoms with E-state index >= 15 is 0 Å². The van der Waals surface area contributed by atoms with E-state index in [9.17, 15) is 8.42 Å². The first kappa shape index (κ1) is 16.7. The van der Waals surface area contributed by atoms with Crippen molar-refractivity contribution in [1.29, 1.82) is 0 Å². The zero-order valence-electron chi connectivity index (χ0n) is 12.6. The van der Waals surface area contributed by atoms with Gasteiger partial charge in [0.25, 0.3) is 0 Å². The molecule has 116 valence electrons. The van der Waals surface area contributed by atoms with Crippen molar-refractivity contribution < 1.29 is 8.42 Å². The van der Waals surface area contributed by atoms with E-state index in [0.29, 0.717) is 4.90 Å². The fourth-order valence-corrected chi connectivity index (χ4v) is 2.88. The molecule has 4 nitrogen and oxygen atoms in total. The second kappa shape index (κ2) is 6.62. The van der Waals surface area contributed by atoms with Crippen molar-refractivity contribution in [3.63, 3.8) is 0 Å². The molecule has 0 fully saturated rings. The van der Waals surface area contributed by atoms with Gasteiger partial charge in [0.15, 0.2) is 9.84 Å². The number of anilines is 2. The molecular formula is C16H17BrN2O2S. The van der Waals surface area contributed by atoms with Gasteiger partial charge in [-0.3, -0.25) is 4.99 Å². The number of nitrogens with one attached hydrogen (secondary N) is 1. The van der Waals surface area contributed by atoms with Gasteiger partial charge >= 0.3 is 0 Å². The summed E-state index contributed by atoms with van der Waals surface area (Å²) in [7, 11) is -3.18. The van der Waals surface area contributed by atoms with E-state index in [4.69, 9.17) is 0 Å². The highest BCUT2D eigenvalue weighted by Crippen LogP contribution is 2.31. The van der Waals surface area contributed by atoms with Crippen LogP contribution in [0.4, 0.5) is 17.1 Å². The van der Waals surface area contributed by atoms with E-state index in [1.165, 1.54) is 6.26 Å².